The monoisotopic (exact) mass is 200 g/mol. The molecule has 0 amide bonds. The molecule has 1 aromatic carbocycles. The Morgan fingerprint density at radius 2 is 2.07 bits per heavy atom. The van der Waals surface area contributed by atoms with Crippen molar-refractivity contribution in [3.63, 3.8) is 0 Å². The number of benzene rings is 1. The summed E-state index contributed by atoms with van der Waals surface area (Å²) in [6.45, 7) is 4.19. The van der Waals surface area contributed by atoms with Crippen LogP contribution in [0.3, 0.4) is 0 Å². The summed E-state index contributed by atoms with van der Waals surface area (Å²) >= 11 is 0. The van der Waals surface area contributed by atoms with Gasteiger partial charge in [0.1, 0.15) is 5.82 Å². The minimum Gasteiger partial charge on any atom is -0.383 e. The van der Waals surface area contributed by atoms with Crippen molar-refractivity contribution in [2.24, 2.45) is 0 Å². The summed E-state index contributed by atoms with van der Waals surface area (Å²) in [5.41, 5.74) is 9.18. The van der Waals surface area contributed by atoms with Crippen molar-refractivity contribution < 1.29 is 0 Å². The molecule has 0 bridgehead atoms. The van der Waals surface area contributed by atoms with Crippen molar-refractivity contribution in [2.45, 2.75) is 26.7 Å². The third-order valence-corrected chi connectivity index (χ3v) is 2.65. The van der Waals surface area contributed by atoms with E-state index < -0.39 is 0 Å². The fraction of sp³-hybridized carbons (Fsp3) is 0.308. The minimum absolute atomic E-state index is 0.630. The number of nitrogen functional groups attached to an aromatic ring is 1. The predicted octanol–water partition coefficient (Wildman–Crippen LogP) is 3.08. The van der Waals surface area contributed by atoms with Gasteiger partial charge in [0, 0.05) is 5.39 Å². The van der Waals surface area contributed by atoms with Crippen molar-refractivity contribution in [3.8, 4) is 0 Å². The van der Waals surface area contributed by atoms with Gasteiger partial charge in [0.05, 0.1) is 5.52 Å². The van der Waals surface area contributed by atoms with E-state index in [1.165, 1.54) is 17.4 Å². The number of aromatic nitrogens is 1. The number of aryl methyl sites for hydroxylation is 2. The number of nitrogens with two attached hydrogens (primary N) is 1. The molecule has 2 aromatic rings. The van der Waals surface area contributed by atoms with E-state index in [2.05, 4.69) is 36.2 Å². The van der Waals surface area contributed by atoms with Crippen LogP contribution in [-0.2, 0) is 6.42 Å². The van der Waals surface area contributed by atoms with Crippen LogP contribution >= 0.6 is 0 Å². The maximum atomic E-state index is 5.77. The van der Waals surface area contributed by atoms with Gasteiger partial charge in [0.2, 0.25) is 0 Å². The summed E-state index contributed by atoms with van der Waals surface area (Å²) in [5, 5.41) is 1.19. The fourth-order valence-corrected chi connectivity index (χ4v) is 1.79. The zero-order valence-corrected chi connectivity index (χ0v) is 9.25. The second-order valence-electron chi connectivity index (χ2n) is 3.97. The van der Waals surface area contributed by atoms with Crippen molar-refractivity contribution in [1.82, 2.24) is 4.98 Å². The molecule has 0 radical (unpaired) electrons. The van der Waals surface area contributed by atoms with Crippen LogP contribution in [0.1, 0.15) is 24.5 Å². The molecule has 0 aliphatic rings. The van der Waals surface area contributed by atoms with Gasteiger partial charge in [-0.25, -0.2) is 4.98 Å². The van der Waals surface area contributed by atoms with E-state index in [4.69, 9.17) is 5.73 Å². The summed E-state index contributed by atoms with van der Waals surface area (Å²) in [5.74, 6) is 0.630. The van der Waals surface area contributed by atoms with Gasteiger partial charge < -0.3 is 5.73 Å². The molecule has 0 saturated carbocycles. The molecule has 2 N–H and O–H groups in total. The van der Waals surface area contributed by atoms with Gasteiger partial charge in [0.15, 0.2) is 0 Å². The van der Waals surface area contributed by atoms with Gasteiger partial charge in [-0.3, -0.25) is 0 Å². The summed E-state index contributed by atoms with van der Waals surface area (Å²) in [4.78, 5) is 4.35. The van der Waals surface area contributed by atoms with E-state index in [0.717, 1.165) is 17.5 Å². The Bertz CT molecular complexity index is 489. The molecule has 2 nitrogen and oxygen atoms in total. The number of hydrogen-bond acceptors (Lipinski definition) is 2. The molecule has 0 aliphatic heterocycles. The molecule has 0 unspecified atom stereocenters. The van der Waals surface area contributed by atoms with Crippen LogP contribution in [0.15, 0.2) is 24.3 Å². The number of nitrogens with zero attached hydrogens (tertiary/aromatic N) is 1. The van der Waals surface area contributed by atoms with Crippen LogP contribution < -0.4 is 5.73 Å². The average molecular weight is 200 g/mol. The highest BCUT2D eigenvalue weighted by Crippen LogP contribution is 2.19. The maximum absolute atomic E-state index is 5.77. The lowest BCUT2D eigenvalue weighted by Crippen LogP contribution is -1.94. The van der Waals surface area contributed by atoms with Crippen LogP contribution in [0.5, 0.6) is 0 Å². The van der Waals surface area contributed by atoms with Crippen LogP contribution in [0.2, 0.25) is 0 Å². The highest BCUT2D eigenvalue weighted by atomic mass is 14.8. The lowest BCUT2D eigenvalue weighted by atomic mass is 10.1. The number of anilines is 1. The normalized spacial score (nSPS) is 10.8. The SMILES string of the molecule is CCCc1ccc2nc(N)c(C)cc2c1. The van der Waals surface area contributed by atoms with Crippen LogP contribution in [0.25, 0.3) is 10.9 Å². The summed E-state index contributed by atoms with van der Waals surface area (Å²) in [6, 6.07) is 8.50. The molecular formula is C13H16N2. The van der Waals surface area contributed by atoms with Gasteiger partial charge in [-0.2, -0.15) is 0 Å². The molecule has 0 atom stereocenters. The average Bonchev–Trinajstić information content (AvgIpc) is 2.21. The molecule has 2 rings (SSSR count). The first kappa shape index (κ1) is 9.97. The van der Waals surface area contributed by atoms with Gasteiger partial charge >= 0.3 is 0 Å². The Morgan fingerprint density at radius 1 is 1.27 bits per heavy atom. The minimum atomic E-state index is 0.630. The summed E-state index contributed by atoms with van der Waals surface area (Å²) in [7, 11) is 0. The van der Waals surface area contributed by atoms with Crippen molar-refractivity contribution in [3.05, 3.63) is 35.4 Å². The van der Waals surface area contributed by atoms with Gasteiger partial charge in [-0.15, -0.1) is 0 Å². The molecule has 15 heavy (non-hydrogen) atoms. The highest BCUT2D eigenvalue weighted by molar-refractivity contribution is 5.82. The maximum Gasteiger partial charge on any atom is 0.127 e. The van der Waals surface area contributed by atoms with Crippen LogP contribution in [0, 0.1) is 6.92 Å². The number of fused-ring (bicyclic) bond motifs is 1. The Morgan fingerprint density at radius 3 is 2.80 bits per heavy atom. The first-order valence-corrected chi connectivity index (χ1v) is 5.36. The zero-order valence-electron chi connectivity index (χ0n) is 9.25. The Hall–Kier alpha value is -1.57. The quantitative estimate of drug-likeness (QED) is 0.809. The third kappa shape index (κ3) is 1.94. The Kier molecular flexibility index (Phi) is 2.58. The standard InChI is InChI=1S/C13H16N2/c1-3-4-10-5-6-12-11(8-10)7-9(2)13(14)15-12/h5-8H,3-4H2,1-2H3,(H2,14,15). The first-order chi connectivity index (χ1) is 7.20. The topological polar surface area (TPSA) is 38.9 Å². The number of hydrogen-bond donors (Lipinski definition) is 1. The zero-order chi connectivity index (χ0) is 10.8. The molecule has 1 heterocycles. The van der Waals surface area contributed by atoms with E-state index in [9.17, 15) is 0 Å². The van der Waals surface area contributed by atoms with Gasteiger partial charge in [-0.05, 0) is 42.7 Å². The molecule has 0 fully saturated rings. The first-order valence-electron chi connectivity index (χ1n) is 5.36. The number of pyridine rings is 1. The molecule has 0 saturated heterocycles. The van der Waals surface area contributed by atoms with Crippen molar-refractivity contribution in [2.75, 3.05) is 5.73 Å². The lowest BCUT2D eigenvalue weighted by Gasteiger charge is -2.05. The smallest absolute Gasteiger partial charge is 0.127 e. The Balaban J connectivity index is 2.56. The molecular weight excluding hydrogens is 184 g/mol. The molecule has 0 aliphatic carbocycles. The predicted molar refractivity (Wildman–Crippen MR) is 64.9 cm³/mol. The second-order valence-corrected chi connectivity index (χ2v) is 3.97. The van der Waals surface area contributed by atoms with Gasteiger partial charge in [0.25, 0.3) is 0 Å². The van der Waals surface area contributed by atoms with E-state index >= 15 is 0 Å². The summed E-state index contributed by atoms with van der Waals surface area (Å²) < 4.78 is 0. The molecule has 1 aromatic heterocycles. The van der Waals surface area contributed by atoms with E-state index in [-0.39, 0.29) is 0 Å². The third-order valence-electron chi connectivity index (χ3n) is 2.65. The van der Waals surface area contributed by atoms with Crippen LogP contribution in [0.4, 0.5) is 5.82 Å². The summed E-state index contributed by atoms with van der Waals surface area (Å²) in [6.07, 6.45) is 2.30. The van der Waals surface area contributed by atoms with E-state index in [1.807, 2.05) is 6.92 Å². The van der Waals surface area contributed by atoms with Gasteiger partial charge in [-0.1, -0.05) is 19.4 Å². The molecule has 0 spiro atoms. The van der Waals surface area contributed by atoms with Crippen molar-refractivity contribution >= 4 is 16.7 Å². The molecule has 78 valence electrons. The van der Waals surface area contributed by atoms with Crippen LogP contribution in [-0.4, -0.2) is 4.98 Å². The van der Waals surface area contributed by atoms with Crippen molar-refractivity contribution in [1.29, 1.82) is 0 Å². The highest BCUT2D eigenvalue weighted by Gasteiger charge is 2.01. The second kappa shape index (κ2) is 3.89. The Labute approximate surface area is 90.1 Å². The van der Waals surface area contributed by atoms with E-state index in [1.54, 1.807) is 0 Å². The van der Waals surface area contributed by atoms with E-state index in [0.29, 0.717) is 5.82 Å². The lowest BCUT2D eigenvalue weighted by molar-refractivity contribution is 0.923. The molecule has 2 heteroatoms. The largest absolute Gasteiger partial charge is 0.383 e. The number of rotatable bonds is 2. The fourth-order valence-electron chi connectivity index (χ4n) is 1.79.